The molecule has 0 radical (unpaired) electrons. The molecule has 6 nitrogen and oxygen atoms in total. The van der Waals surface area contributed by atoms with Crippen LogP contribution in [0.1, 0.15) is 11.1 Å². The number of rotatable bonds is 4. The molecule has 1 fully saturated rings. The van der Waals surface area contributed by atoms with Crippen molar-refractivity contribution in [3.63, 3.8) is 0 Å². The third-order valence-electron chi connectivity index (χ3n) is 5.13. The van der Waals surface area contributed by atoms with Crippen LogP contribution in [-0.2, 0) is 17.3 Å². The van der Waals surface area contributed by atoms with Crippen LogP contribution in [0, 0.1) is 0 Å². The van der Waals surface area contributed by atoms with Crippen LogP contribution in [0.3, 0.4) is 0 Å². The SMILES string of the molecule is O=C(NC[C@@H]1Cc2ccccc2O1)Nc1cc(C(F)(F)F)ccc1N1CCOCC1. The van der Waals surface area contributed by atoms with Gasteiger partial charge in [0.15, 0.2) is 0 Å². The van der Waals surface area contributed by atoms with E-state index in [2.05, 4.69) is 10.6 Å². The molecule has 1 saturated heterocycles. The molecule has 0 aromatic heterocycles. The minimum atomic E-state index is -4.50. The number of hydrogen-bond acceptors (Lipinski definition) is 4. The minimum Gasteiger partial charge on any atom is -0.488 e. The van der Waals surface area contributed by atoms with E-state index in [0.717, 1.165) is 23.4 Å². The number of carbonyl (C=O) groups is 1. The first-order valence-electron chi connectivity index (χ1n) is 9.73. The molecule has 2 aromatic rings. The maximum absolute atomic E-state index is 13.2. The number of hydrogen-bond donors (Lipinski definition) is 2. The Hall–Kier alpha value is -2.94. The van der Waals surface area contributed by atoms with Gasteiger partial charge in [0, 0.05) is 19.5 Å². The molecule has 4 rings (SSSR count). The van der Waals surface area contributed by atoms with Gasteiger partial charge in [0.2, 0.25) is 0 Å². The van der Waals surface area contributed by atoms with Crippen LogP contribution in [0.15, 0.2) is 42.5 Å². The zero-order valence-electron chi connectivity index (χ0n) is 16.2. The van der Waals surface area contributed by atoms with E-state index >= 15 is 0 Å². The van der Waals surface area contributed by atoms with Crippen molar-refractivity contribution in [2.75, 3.05) is 43.1 Å². The Labute approximate surface area is 172 Å². The number of halogens is 3. The molecule has 0 spiro atoms. The van der Waals surface area contributed by atoms with Gasteiger partial charge in [-0.3, -0.25) is 0 Å². The topological polar surface area (TPSA) is 62.8 Å². The average Bonchev–Trinajstić information content (AvgIpc) is 3.15. The first-order valence-corrected chi connectivity index (χ1v) is 9.73. The summed E-state index contributed by atoms with van der Waals surface area (Å²) in [5, 5.41) is 5.27. The summed E-state index contributed by atoms with van der Waals surface area (Å²) in [4.78, 5) is 14.3. The van der Waals surface area contributed by atoms with E-state index < -0.39 is 17.8 Å². The molecule has 0 saturated carbocycles. The normalized spacial score (nSPS) is 18.5. The smallest absolute Gasteiger partial charge is 0.416 e. The number of alkyl halides is 3. The van der Waals surface area contributed by atoms with Crippen molar-refractivity contribution in [3.8, 4) is 5.75 Å². The molecular formula is C21H22F3N3O3. The first-order chi connectivity index (χ1) is 14.4. The Morgan fingerprint density at radius 3 is 2.63 bits per heavy atom. The highest BCUT2D eigenvalue weighted by Crippen LogP contribution is 2.36. The lowest BCUT2D eigenvalue weighted by atomic mass is 10.1. The number of benzene rings is 2. The summed E-state index contributed by atoms with van der Waals surface area (Å²) in [6.45, 7) is 2.27. The molecule has 2 N–H and O–H groups in total. The summed E-state index contributed by atoms with van der Waals surface area (Å²) in [7, 11) is 0. The molecule has 0 unspecified atom stereocenters. The third-order valence-corrected chi connectivity index (χ3v) is 5.13. The van der Waals surface area contributed by atoms with Crippen molar-refractivity contribution >= 4 is 17.4 Å². The Balaban J connectivity index is 1.43. The van der Waals surface area contributed by atoms with Crippen LogP contribution in [0.2, 0.25) is 0 Å². The summed E-state index contributed by atoms with van der Waals surface area (Å²) < 4.78 is 50.6. The number of nitrogens with zero attached hydrogens (tertiary/aromatic N) is 1. The van der Waals surface area contributed by atoms with Gasteiger partial charge in [-0.2, -0.15) is 13.2 Å². The van der Waals surface area contributed by atoms with Crippen molar-refractivity contribution in [2.24, 2.45) is 0 Å². The number of amides is 2. The Morgan fingerprint density at radius 1 is 1.13 bits per heavy atom. The van der Waals surface area contributed by atoms with E-state index in [-0.39, 0.29) is 18.3 Å². The number of anilines is 2. The number of carbonyl (C=O) groups excluding carboxylic acids is 1. The predicted octanol–water partition coefficient (Wildman–Crippen LogP) is 3.67. The van der Waals surface area contributed by atoms with E-state index in [4.69, 9.17) is 9.47 Å². The zero-order valence-corrected chi connectivity index (χ0v) is 16.2. The van der Waals surface area contributed by atoms with Gasteiger partial charge < -0.3 is 25.0 Å². The molecule has 2 aromatic carbocycles. The van der Waals surface area contributed by atoms with Crippen LogP contribution in [-0.4, -0.2) is 45.0 Å². The lowest BCUT2D eigenvalue weighted by molar-refractivity contribution is -0.137. The Morgan fingerprint density at radius 2 is 1.90 bits per heavy atom. The molecule has 2 amide bonds. The van der Waals surface area contributed by atoms with Crippen LogP contribution in [0.4, 0.5) is 29.3 Å². The van der Waals surface area contributed by atoms with Crippen molar-refractivity contribution in [3.05, 3.63) is 53.6 Å². The maximum Gasteiger partial charge on any atom is 0.416 e. The third kappa shape index (κ3) is 4.62. The van der Waals surface area contributed by atoms with Crippen molar-refractivity contribution in [2.45, 2.75) is 18.7 Å². The fraction of sp³-hybridized carbons (Fsp3) is 0.381. The number of nitrogens with one attached hydrogen (secondary N) is 2. The molecular weight excluding hydrogens is 399 g/mol. The second kappa shape index (κ2) is 8.43. The summed E-state index contributed by atoms with van der Waals surface area (Å²) in [6.07, 6.45) is -4.05. The standard InChI is InChI=1S/C21H22F3N3O3/c22-21(23,24)15-5-6-18(27-7-9-29-10-8-27)17(12-15)26-20(28)25-13-16-11-14-3-1-2-4-19(14)30-16/h1-6,12,16H,7-11,13H2,(H2,25,26,28)/t16-/m0/s1. The summed E-state index contributed by atoms with van der Waals surface area (Å²) in [5.74, 6) is 0.789. The quantitative estimate of drug-likeness (QED) is 0.791. The molecule has 160 valence electrons. The maximum atomic E-state index is 13.2. The monoisotopic (exact) mass is 421 g/mol. The Kier molecular flexibility index (Phi) is 5.72. The highest BCUT2D eigenvalue weighted by atomic mass is 19.4. The van der Waals surface area contributed by atoms with E-state index in [9.17, 15) is 18.0 Å². The van der Waals surface area contributed by atoms with E-state index in [0.29, 0.717) is 38.4 Å². The minimum absolute atomic E-state index is 0.111. The van der Waals surface area contributed by atoms with E-state index in [1.165, 1.54) is 6.07 Å². The van der Waals surface area contributed by atoms with E-state index in [1.54, 1.807) is 0 Å². The highest BCUT2D eigenvalue weighted by Gasteiger charge is 2.32. The number of morpholine rings is 1. The Bertz CT molecular complexity index is 889. The second-order valence-electron chi connectivity index (χ2n) is 7.22. The fourth-order valence-corrected chi connectivity index (χ4v) is 3.63. The number of para-hydroxylation sites is 1. The van der Waals surface area contributed by atoms with E-state index in [1.807, 2.05) is 29.2 Å². The second-order valence-corrected chi connectivity index (χ2v) is 7.22. The number of ether oxygens (including phenoxy) is 2. The van der Waals surface area contributed by atoms with Crippen LogP contribution < -0.4 is 20.3 Å². The molecule has 1 atom stereocenters. The van der Waals surface area contributed by atoms with Gasteiger partial charge in [-0.1, -0.05) is 18.2 Å². The van der Waals surface area contributed by atoms with Gasteiger partial charge in [-0.25, -0.2) is 4.79 Å². The van der Waals surface area contributed by atoms with Gasteiger partial charge in [0.1, 0.15) is 11.9 Å². The number of urea groups is 1. The van der Waals surface area contributed by atoms with Gasteiger partial charge in [0.05, 0.1) is 36.7 Å². The lowest BCUT2D eigenvalue weighted by Crippen LogP contribution is -2.39. The highest BCUT2D eigenvalue weighted by molar-refractivity contribution is 5.93. The van der Waals surface area contributed by atoms with Crippen LogP contribution in [0.25, 0.3) is 0 Å². The molecule has 9 heteroatoms. The molecule has 2 heterocycles. The fourth-order valence-electron chi connectivity index (χ4n) is 3.63. The number of fused-ring (bicyclic) bond motifs is 1. The molecule has 0 bridgehead atoms. The summed E-state index contributed by atoms with van der Waals surface area (Å²) >= 11 is 0. The predicted molar refractivity (Wildman–Crippen MR) is 106 cm³/mol. The molecule has 2 aliphatic heterocycles. The van der Waals surface area contributed by atoms with Crippen LogP contribution >= 0.6 is 0 Å². The van der Waals surface area contributed by atoms with Crippen LogP contribution in [0.5, 0.6) is 5.75 Å². The first kappa shape index (κ1) is 20.3. The average molecular weight is 421 g/mol. The van der Waals surface area contributed by atoms with Gasteiger partial charge in [-0.05, 0) is 29.8 Å². The zero-order chi connectivity index (χ0) is 21.1. The van der Waals surface area contributed by atoms with Gasteiger partial charge >= 0.3 is 12.2 Å². The molecule has 0 aliphatic carbocycles. The lowest BCUT2D eigenvalue weighted by Gasteiger charge is -2.31. The van der Waals surface area contributed by atoms with Crippen molar-refractivity contribution < 1.29 is 27.4 Å². The summed E-state index contributed by atoms with van der Waals surface area (Å²) in [6, 6.07) is 10.4. The largest absolute Gasteiger partial charge is 0.488 e. The molecule has 2 aliphatic rings. The van der Waals surface area contributed by atoms with Gasteiger partial charge in [0.25, 0.3) is 0 Å². The van der Waals surface area contributed by atoms with Crippen molar-refractivity contribution in [1.82, 2.24) is 5.32 Å². The van der Waals surface area contributed by atoms with Gasteiger partial charge in [-0.15, -0.1) is 0 Å². The molecule has 30 heavy (non-hydrogen) atoms. The van der Waals surface area contributed by atoms with Crippen molar-refractivity contribution in [1.29, 1.82) is 0 Å². The summed E-state index contributed by atoms with van der Waals surface area (Å²) in [5.41, 5.74) is 0.896.